The Morgan fingerprint density at radius 2 is 2.05 bits per heavy atom. The number of hydrogen-bond acceptors (Lipinski definition) is 1. The standard InChI is InChI=1S/C18H28O/c1-13-7-5-4-6-10-18(13,12-19)16-14-8-9-15(11-14)17(16,2)3/h5,7,12-16H,4,6,8-11H2,1-3H3. The first-order chi connectivity index (χ1) is 9.02. The molecule has 2 bridgehead atoms. The molecular weight excluding hydrogens is 232 g/mol. The average Bonchev–Trinajstić information content (AvgIpc) is 2.88. The zero-order chi connectivity index (χ0) is 13.7. The van der Waals surface area contributed by atoms with Crippen molar-refractivity contribution in [2.75, 3.05) is 0 Å². The Hall–Kier alpha value is -0.590. The monoisotopic (exact) mass is 260 g/mol. The minimum Gasteiger partial charge on any atom is -0.303 e. The molecule has 19 heavy (non-hydrogen) atoms. The lowest BCUT2D eigenvalue weighted by molar-refractivity contribution is -0.129. The Kier molecular flexibility index (Phi) is 3.15. The summed E-state index contributed by atoms with van der Waals surface area (Å²) in [5.74, 6) is 2.68. The molecule has 1 heteroatoms. The van der Waals surface area contributed by atoms with E-state index in [1.54, 1.807) is 0 Å². The van der Waals surface area contributed by atoms with E-state index in [0.29, 0.717) is 17.3 Å². The van der Waals surface area contributed by atoms with Crippen LogP contribution in [0.1, 0.15) is 59.3 Å². The Labute approximate surface area is 117 Å². The minimum absolute atomic E-state index is 0.0870. The molecule has 0 amide bonds. The van der Waals surface area contributed by atoms with Gasteiger partial charge in [-0.1, -0.05) is 32.9 Å². The smallest absolute Gasteiger partial charge is 0.127 e. The SMILES string of the molecule is CC1C=CCCCC1(C=O)C1C2CCC(C2)C1(C)C. The van der Waals surface area contributed by atoms with E-state index >= 15 is 0 Å². The summed E-state index contributed by atoms with van der Waals surface area (Å²) < 4.78 is 0. The van der Waals surface area contributed by atoms with Crippen LogP contribution >= 0.6 is 0 Å². The van der Waals surface area contributed by atoms with Crippen molar-refractivity contribution in [3.63, 3.8) is 0 Å². The van der Waals surface area contributed by atoms with Crippen LogP contribution in [0.3, 0.4) is 0 Å². The first kappa shape index (κ1) is 13.4. The summed E-state index contributed by atoms with van der Waals surface area (Å²) in [5, 5.41) is 0. The molecule has 0 aromatic heterocycles. The van der Waals surface area contributed by atoms with Gasteiger partial charge in [0.25, 0.3) is 0 Å². The van der Waals surface area contributed by atoms with Crippen LogP contribution in [0.15, 0.2) is 12.2 Å². The molecule has 0 radical (unpaired) electrons. The maximum absolute atomic E-state index is 12.2. The van der Waals surface area contributed by atoms with Crippen LogP contribution in [0.5, 0.6) is 0 Å². The van der Waals surface area contributed by atoms with Crippen LogP contribution in [0.25, 0.3) is 0 Å². The van der Waals surface area contributed by atoms with Gasteiger partial charge in [-0.3, -0.25) is 0 Å². The molecule has 0 spiro atoms. The summed E-state index contributed by atoms with van der Waals surface area (Å²) in [7, 11) is 0. The first-order valence-corrected chi connectivity index (χ1v) is 8.15. The fourth-order valence-electron chi connectivity index (χ4n) is 5.90. The molecule has 106 valence electrons. The second kappa shape index (κ2) is 4.46. The first-order valence-electron chi connectivity index (χ1n) is 8.15. The summed E-state index contributed by atoms with van der Waals surface area (Å²) in [6, 6.07) is 0. The summed E-state index contributed by atoms with van der Waals surface area (Å²) in [6.45, 7) is 7.15. The number of allylic oxidation sites excluding steroid dienone is 2. The highest BCUT2D eigenvalue weighted by atomic mass is 16.1. The summed E-state index contributed by atoms with van der Waals surface area (Å²) >= 11 is 0. The molecule has 2 fully saturated rings. The second-order valence-electron chi connectivity index (χ2n) is 7.91. The highest BCUT2D eigenvalue weighted by Gasteiger charge is 2.61. The highest BCUT2D eigenvalue weighted by Crippen LogP contribution is 2.66. The second-order valence-corrected chi connectivity index (χ2v) is 7.91. The summed E-state index contributed by atoms with van der Waals surface area (Å²) in [4.78, 5) is 12.2. The largest absolute Gasteiger partial charge is 0.303 e. The average molecular weight is 260 g/mol. The third kappa shape index (κ3) is 1.76. The van der Waals surface area contributed by atoms with Gasteiger partial charge in [0.1, 0.15) is 6.29 Å². The van der Waals surface area contributed by atoms with Crippen LogP contribution in [-0.2, 0) is 4.79 Å². The van der Waals surface area contributed by atoms with E-state index < -0.39 is 0 Å². The zero-order valence-electron chi connectivity index (χ0n) is 12.7. The molecule has 2 saturated carbocycles. The van der Waals surface area contributed by atoms with Crippen molar-refractivity contribution in [3.8, 4) is 0 Å². The molecule has 3 rings (SSSR count). The Balaban J connectivity index is 2.02. The van der Waals surface area contributed by atoms with Crippen molar-refractivity contribution in [1.82, 2.24) is 0 Å². The molecule has 0 aromatic carbocycles. The van der Waals surface area contributed by atoms with Gasteiger partial charge >= 0.3 is 0 Å². The molecule has 3 aliphatic rings. The molecule has 0 saturated heterocycles. The van der Waals surface area contributed by atoms with Gasteiger partial charge < -0.3 is 4.79 Å². The van der Waals surface area contributed by atoms with E-state index in [0.717, 1.165) is 24.7 Å². The Morgan fingerprint density at radius 1 is 1.26 bits per heavy atom. The molecule has 0 N–H and O–H groups in total. The van der Waals surface area contributed by atoms with Gasteiger partial charge in [-0.25, -0.2) is 0 Å². The minimum atomic E-state index is -0.0870. The number of aldehydes is 1. The van der Waals surface area contributed by atoms with E-state index in [2.05, 4.69) is 32.9 Å². The van der Waals surface area contributed by atoms with Crippen LogP contribution < -0.4 is 0 Å². The molecule has 0 aliphatic heterocycles. The van der Waals surface area contributed by atoms with Gasteiger partial charge in [-0.2, -0.15) is 0 Å². The quantitative estimate of drug-likeness (QED) is 0.523. The maximum atomic E-state index is 12.2. The summed E-state index contributed by atoms with van der Waals surface area (Å²) in [6.07, 6.45) is 13.6. The van der Waals surface area contributed by atoms with Gasteiger partial charge in [-0.15, -0.1) is 0 Å². The Bertz CT molecular complexity index is 394. The van der Waals surface area contributed by atoms with Crippen molar-refractivity contribution in [3.05, 3.63) is 12.2 Å². The number of rotatable bonds is 2. The number of hydrogen-bond donors (Lipinski definition) is 0. The third-order valence-corrected chi connectivity index (χ3v) is 6.85. The van der Waals surface area contributed by atoms with Crippen molar-refractivity contribution in [2.24, 2.45) is 34.5 Å². The molecular formula is C18H28O. The fourth-order valence-corrected chi connectivity index (χ4v) is 5.90. The predicted molar refractivity (Wildman–Crippen MR) is 78.8 cm³/mol. The lowest BCUT2D eigenvalue weighted by atomic mass is 9.53. The zero-order valence-corrected chi connectivity index (χ0v) is 12.7. The van der Waals surface area contributed by atoms with Gasteiger partial charge in [0, 0.05) is 5.41 Å². The van der Waals surface area contributed by atoms with E-state index in [1.165, 1.54) is 32.0 Å². The van der Waals surface area contributed by atoms with E-state index in [-0.39, 0.29) is 5.41 Å². The van der Waals surface area contributed by atoms with E-state index in [4.69, 9.17) is 0 Å². The third-order valence-electron chi connectivity index (χ3n) is 6.85. The van der Waals surface area contributed by atoms with Gasteiger partial charge in [-0.05, 0) is 67.6 Å². The van der Waals surface area contributed by atoms with Crippen molar-refractivity contribution < 1.29 is 4.79 Å². The summed E-state index contributed by atoms with van der Waals surface area (Å²) in [5.41, 5.74) is 0.270. The van der Waals surface area contributed by atoms with E-state index in [9.17, 15) is 4.79 Å². The lowest BCUT2D eigenvalue weighted by Gasteiger charge is -2.50. The Morgan fingerprint density at radius 3 is 2.68 bits per heavy atom. The number of carbonyl (C=O) groups excluding carboxylic acids is 1. The highest BCUT2D eigenvalue weighted by molar-refractivity contribution is 5.62. The number of fused-ring (bicyclic) bond motifs is 2. The van der Waals surface area contributed by atoms with E-state index in [1.807, 2.05) is 0 Å². The van der Waals surface area contributed by atoms with Crippen LogP contribution in [0, 0.1) is 34.5 Å². The molecule has 1 nitrogen and oxygen atoms in total. The van der Waals surface area contributed by atoms with Crippen molar-refractivity contribution in [2.45, 2.75) is 59.3 Å². The van der Waals surface area contributed by atoms with Gasteiger partial charge in [0.05, 0.1) is 0 Å². The topological polar surface area (TPSA) is 17.1 Å². The number of carbonyl (C=O) groups is 1. The van der Waals surface area contributed by atoms with Gasteiger partial charge in [0.15, 0.2) is 0 Å². The molecule has 0 heterocycles. The van der Waals surface area contributed by atoms with Crippen molar-refractivity contribution in [1.29, 1.82) is 0 Å². The van der Waals surface area contributed by atoms with Crippen LogP contribution in [0.2, 0.25) is 0 Å². The molecule has 5 atom stereocenters. The molecule has 0 aromatic rings. The molecule has 3 aliphatic carbocycles. The fraction of sp³-hybridized carbons (Fsp3) is 0.833. The van der Waals surface area contributed by atoms with Crippen LogP contribution in [-0.4, -0.2) is 6.29 Å². The normalized spacial score (nSPS) is 48.2. The van der Waals surface area contributed by atoms with Gasteiger partial charge in [0.2, 0.25) is 0 Å². The van der Waals surface area contributed by atoms with Crippen molar-refractivity contribution >= 4 is 6.29 Å². The maximum Gasteiger partial charge on any atom is 0.127 e. The lowest BCUT2D eigenvalue weighted by Crippen LogP contribution is -2.47. The predicted octanol–water partition coefficient (Wildman–Crippen LogP) is 4.62. The molecule has 5 unspecified atom stereocenters. The van der Waals surface area contributed by atoms with Crippen LogP contribution in [0.4, 0.5) is 0 Å².